The lowest BCUT2D eigenvalue weighted by Crippen LogP contribution is -2.43. The SMILES string of the molecule is CC(COC(C)(C)C)OCC#Cc1ccc(OC2CC(OC(C)(C)C)C2)cn1. The van der Waals surface area contributed by atoms with E-state index in [1.807, 2.05) is 39.8 Å². The lowest BCUT2D eigenvalue weighted by molar-refractivity contribution is -0.126. The molecule has 5 nitrogen and oxygen atoms in total. The van der Waals surface area contributed by atoms with Gasteiger partial charge < -0.3 is 18.9 Å². The number of hydrogen-bond acceptors (Lipinski definition) is 5. The summed E-state index contributed by atoms with van der Waals surface area (Å²) in [7, 11) is 0. The fraction of sp³-hybridized carbons (Fsp3) is 0.696. The zero-order valence-corrected chi connectivity index (χ0v) is 18.4. The monoisotopic (exact) mass is 389 g/mol. The fourth-order valence-corrected chi connectivity index (χ4v) is 2.65. The highest BCUT2D eigenvalue weighted by molar-refractivity contribution is 5.31. The van der Waals surface area contributed by atoms with E-state index in [0.717, 1.165) is 18.6 Å². The predicted molar refractivity (Wildman–Crippen MR) is 111 cm³/mol. The van der Waals surface area contributed by atoms with Crippen LogP contribution in [-0.4, -0.2) is 47.7 Å². The molecule has 156 valence electrons. The standard InChI is InChI=1S/C23H35NO4/c1-17(16-26-22(2,3)4)25-12-8-9-18-10-11-19(15-24-18)27-20-13-21(14-20)28-23(5,6)7/h10-11,15,17,20-21H,12-14,16H2,1-7H3. The van der Waals surface area contributed by atoms with Crippen LogP contribution in [0, 0.1) is 11.8 Å². The molecule has 5 heteroatoms. The normalized spacial score (nSPS) is 20.7. The minimum absolute atomic E-state index is 0.00539. The molecule has 0 amide bonds. The summed E-state index contributed by atoms with van der Waals surface area (Å²) in [5, 5.41) is 0. The maximum absolute atomic E-state index is 5.93. The van der Waals surface area contributed by atoms with Crippen molar-refractivity contribution < 1.29 is 18.9 Å². The van der Waals surface area contributed by atoms with E-state index in [4.69, 9.17) is 18.9 Å². The summed E-state index contributed by atoms with van der Waals surface area (Å²) in [4.78, 5) is 4.34. The predicted octanol–water partition coefficient (Wildman–Crippen LogP) is 4.38. The van der Waals surface area contributed by atoms with Crippen LogP contribution in [0.25, 0.3) is 0 Å². The van der Waals surface area contributed by atoms with Gasteiger partial charge in [-0.2, -0.15) is 0 Å². The molecule has 1 atom stereocenters. The van der Waals surface area contributed by atoms with Gasteiger partial charge in [0.2, 0.25) is 0 Å². The fourth-order valence-electron chi connectivity index (χ4n) is 2.65. The van der Waals surface area contributed by atoms with Crippen LogP contribution in [0.1, 0.15) is 67.0 Å². The van der Waals surface area contributed by atoms with Crippen molar-refractivity contribution in [2.24, 2.45) is 0 Å². The van der Waals surface area contributed by atoms with Gasteiger partial charge in [-0.05, 0) is 66.5 Å². The van der Waals surface area contributed by atoms with Crippen molar-refractivity contribution >= 4 is 0 Å². The summed E-state index contributed by atoms with van der Waals surface area (Å²) in [5.74, 6) is 6.78. The van der Waals surface area contributed by atoms with Gasteiger partial charge in [0.15, 0.2) is 0 Å². The van der Waals surface area contributed by atoms with Gasteiger partial charge in [-0.1, -0.05) is 5.92 Å². The molecular formula is C23H35NO4. The van der Waals surface area contributed by atoms with Crippen LogP contribution in [0.15, 0.2) is 18.3 Å². The second-order valence-electron chi connectivity index (χ2n) is 9.29. The number of rotatable bonds is 7. The van der Waals surface area contributed by atoms with Crippen LogP contribution in [0.4, 0.5) is 0 Å². The maximum atomic E-state index is 5.93. The molecule has 1 aliphatic carbocycles. The van der Waals surface area contributed by atoms with Crippen LogP contribution in [0.5, 0.6) is 5.75 Å². The summed E-state index contributed by atoms with van der Waals surface area (Å²) < 4.78 is 23.2. The first-order valence-electron chi connectivity index (χ1n) is 10.1. The first-order chi connectivity index (χ1) is 13.0. The van der Waals surface area contributed by atoms with Crippen LogP contribution in [0.3, 0.4) is 0 Å². The highest BCUT2D eigenvalue weighted by Crippen LogP contribution is 2.30. The minimum Gasteiger partial charge on any atom is -0.489 e. The maximum Gasteiger partial charge on any atom is 0.138 e. The molecule has 0 spiro atoms. The van der Waals surface area contributed by atoms with Crippen molar-refractivity contribution in [1.29, 1.82) is 0 Å². The zero-order chi connectivity index (χ0) is 20.8. The van der Waals surface area contributed by atoms with Crippen molar-refractivity contribution in [3.8, 4) is 17.6 Å². The average Bonchev–Trinajstić information content (AvgIpc) is 2.54. The molecule has 1 aromatic rings. The van der Waals surface area contributed by atoms with E-state index in [9.17, 15) is 0 Å². The molecule has 1 unspecified atom stereocenters. The molecule has 1 aliphatic rings. The topological polar surface area (TPSA) is 49.8 Å². The molecule has 28 heavy (non-hydrogen) atoms. The van der Waals surface area contributed by atoms with Crippen molar-refractivity contribution in [2.75, 3.05) is 13.2 Å². The number of aromatic nitrogens is 1. The number of hydrogen-bond donors (Lipinski definition) is 0. The van der Waals surface area contributed by atoms with Crippen molar-refractivity contribution in [1.82, 2.24) is 4.98 Å². The van der Waals surface area contributed by atoms with E-state index < -0.39 is 0 Å². The van der Waals surface area contributed by atoms with Crippen LogP contribution in [-0.2, 0) is 14.2 Å². The van der Waals surface area contributed by atoms with E-state index in [1.54, 1.807) is 6.20 Å². The van der Waals surface area contributed by atoms with Gasteiger partial charge in [-0.25, -0.2) is 4.98 Å². The Bertz CT molecular complexity index is 655. The Morgan fingerprint density at radius 3 is 2.36 bits per heavy atom. The van der Waals surface area contributed by atoms with Gasteiger partial charge in [-0.15, -0.1) is 0 Å². The molecule has 0 radical (unpaired) electrons. The lowest BCUT2D eigenvalue weighted by atomic mass is 9.91. The van der Waals surface area contributed by atoms with E-state index in [-0.39, 0.29) is 23.4 Å². The zero-order valence-electron chi connectivity index (χ0n) is 18.4. The Morgan fingerprint density at radius 1 is 1.07 bits per heavy atom. The average molecular weight is 390 g/mol. The smallest absolute Gasteiger partial charge is 0.138 e. The molecule has 1 heterocycles. The quantitative estimate of drug-likeness (QED) is 0.648. The van der Waals surface area contributed by atoms with E-state index >= 15 is 0 Å². The molecule has 0 bridgehead atoms. The van der Waals surface area contributed by atoms with E-state index in [2.05, 4.69) is 37.6 Å². The van der Waals surface area contributed by atoms with E-state index in [1.165, 1.54) is 0 Å². The first kappa shape index (κ1) is 22.7. The molecule has 1 saturated carbocycles. The Labute approximate surface area is 170 Å². The third-order valence-corrected chi connectivity index (χ3v) is 4.02. The Hall–Kier alpha value is -1.61. The van der Waals surface area contributed by atoms with Crippen LogP contribution >= 0.6 is 0 Å². The number of ether oxygens (including phenoxy) is 4. The number of pyridine rings is 1. The van der Waals surface area contributed by atoms with Crippen molar-refractivity contribution in [3.05, 3.63) is 24.0 Å². The largest absolute Gasteiger partial charge is 0.489 e. The first-order valence-corrected chi connectivity index (χ1v) is 10.1. The molecule has 0 saturated heterocycles. The summed E-state index contributed by atoms with van der Waals surface area (Å²) in [6.07, 6.45) is 4.07. The Balaban J connectivity index is 1.67. The van der Waals surface area contributed by atoms with Crippen LogP contribution in [0.2, 0.25) is 0 Å². The molecular weight excluding hydrogens is 354 g/mol. The Morgan fingerprint density at radius 2 is 1.79 bits per heavy atom. The third kappa shape index (κ3) is 9.05. The van der Waals surface area contributed by atoms with Gasteiger partial charge in [-0.3, -0.25) is 0 Å². The highest BCUT2D eigenvalue weighted by atomic mass is 16.5. The van der Waals surface area contributed by atoms with Crippen molar-refractivity contribution in [3.63, 3.8) is 0 Å². The Kier molecular flexibility index (Phi) is 7.88. The van der Waals surface area contributed by atoms with Gasteiger partial charge in [0.25, 0.3) is 0 Å². The summed E-state index contributed by atoms with van der Waals surface area (Å²) >= 11 is 0. The summed E-state index contributed by atoms with van der Waals surface area (Å²) in [6, 6.07) is 3.78. The second kappa shape index (κ2) is 9.73. The molecule has 1 fully saturated rings. The second-order valence-corrected chi connectivity index (χ2v) is 9.29. The highest BCUT2D eigenvalue weighted by Gasteiger charge is 2.34. The lowest BCUT2D eigenvalue weighted by Gasteiger charge is -2.39. The molecule has 0 aromatic carbocycles. The van der Waals surface area contributed by atoms with Gasteiger partial charge in [0.05, 0.1) is 36.2 Å². The summed E-state index contributed by atoms with van der Waals surface area (Å²) in [5.41, 5.74) is 0.451. The van der Waals surface area contributed by atoms with Gasteiger partial charge in [0, 0.05) is 12.8 Å². The van der Waals surface area contributed by atoms with Gasteiger partial charge >= 0.3 is 0 Å². The molecule has 0 aliphatic heterocycles. The molecule has 1 aromatic heterocycles. The van der Waals surface area contributed by atoms with E-state index in [0.29, 0.717) is 25.0 Å². The number of nitrogens with zero attached hydrogens (tertiary/aromatic N) is 1. The van der Waals surface area contributed by atoms with Gasteiger partial charge in [0.1, 0.15) is 24.2 Å². The third-order valence-electron chi connectivity index (χ3n) is 4.02. The molecule has 0 N–H and O–H groups in total. The summed E-state index contributed by atoms with van der Waals surface area (Å²) in [6.45, 7) is 15.2. The minimum atomic E-state index is -0.156. The molecule has 2 rings (SSSR count). The van der Waals surface area contributed by atoms with Crippen molar-refractivity contribution in [2.45, 2.75) is 90.8 Å². The van der Waals surface area contributed by atoms with Crippen LogP contribution < -0.4 is 4.74 Å².